The Balaban J connectivity index is 2.57. The zero-order chi connectivity index (χ0) is 14.2. The molecule has 0 aliphatic heterocycles. The lowest BCUT2D eigenvalue weighted by Gasteiger charge is -2.06. The van der Waals surface area contributed by atoms with Gasteiger partial charge in [0.1, 0.15) is 5.82 Å². The van der Waals surface area contributed by atoms with Gasteiger partial charge in [0, 0.05) is 11.6 Å². The summed E-state index contributed by atoms with van der Waals surface area (Å²) in [5.41, 5.74) is -0.197. The van der Waals surface area contributed by atoms with Gasteiger partial charge in [0.05, 0.1) is 10.6 Å². The van der Waals surface area contributed by atoms with Crippen molar-refractivity contribution in [2.75, 3.05) is 0 Å². The van der Waals surface area contributed by atoms with Crippen molar-refractivity contribution in [2.45, 2.75) is 0 Å². The molecule has 0 bridgehead atoms. The minimum atomic E-state index is -1.30. The van der Waals surface area contributed by atoms with Crippen LogP contribution in [0.3, 0.4) is 0 Å². The SMILES string of the molecule is O=C(O)c1ccc(-c2cc(F)c(F)cc2F)cc1Cl. The van der Waals surface area contributed by atoms with Crippen LogP contribution in [0.25, 0.3) is 11.1 Å². The Morgan fingerprint density at radius 1 is 1.00 bits per heavy atom. The fourth-order valence-electron chi connectivity index (χ4n) is 1.60. The van der Waals surface area contributed by atoms with E-state index in [0.29, 0.717) is 12.1 Å². The minimum Gasteiger partial charge on any atom is -0.478 e. The van der Waals surface area contributed by atoms with Crippen molar-refractivity contribution in [1.29, 1.82) is 0 Å². The van der Waals surface area contributed by atoms with Crippen LogP contribution in [0.15, 0.2) is 30.3 Å². The third-order valence-electron chi connectivity index (χ3n) is 2.52. The summed E-state index contributed by atoms with van der Waals surface area (Å²) < 4.78 is 39.4. The van der Waals surface area contributed by atoms with Gasteiger partial charge in [0.2, 0.25) is 0 Å². The van der Waals surface area contributed by atoms with Gasteiger partial charge in [0.15, 0.2) is 11.6 Å². The highest BCUT2D eigenvalue weighted by atomic mass is 35.5. The number of rotatable bonds is 2. The third kappa shape index (κ3) is 2.56. The number of halogens is 4. The van der Waals surface area contributed by atoms with E-state index < -0.39 is 23.4 Å². The fourth-order valence-corrected chi connectivity index (χ4v) is 1.86. The van der Waals surface area contributed by atoms with E-state index in [9.17, 15) is 18.0 Å². The molecule has 2 aromatic carbocycles. The predicted molar refractivity (Wildman–Crippen MR) is 63.7 cm³/mol. The van der Waals surface area contributed by atoms with Gasteiger partial charge in [-0.3, -0.25) is 0 Å². The van der Waals surface area contributed by atoms with Crippen LogP contribution in [-0.4, -0.2) is 11.1 Å². The summed E-state index contributed by atoms with van der Waals surface area (Å²) in [5.74, 6) is -4.69. The number of hydrogen-bond donors (Lipinski definition) is 1. The van der Waals surface area contributed by atoms with Crippen LogP contribution in [0, 0.1) is 17.5 Å². The molecule has 0 unspecified atom stereocenters. The maximum absolute atomic E-state index is 13.5. The first-order valence-corrected chi connectivity index (χ1v) is 5.45. The van der Waals surface area contributed by atoms with Crippen LogP contribution in [0.4, 0.5) is 13.2 Å². The monoisotopic (exact) mass is 286 g/mol. The summed E-state index contributed by atoms with van der Waals surface area (Å²) in [7, 11) is 0. The molecule has 1 N–H and O–H groups in total. The molecule has 0 saturated heterocycles. The molecule has 0 radical (unpaired) electrons. The lowest BCUT2D eigenvalue weighted by atomic mass is 10.0. The second-order valence-electron chi connectivity index (χ2n) is 3.75. The highest BCUT2D eigenvalue weighted by molar-refractivity contribution is 6.33. The Hall–Kier alpha value is -2.01. The summed E-state index contributed by atoms with van der Waals surface area (Å²) in [6.07, 6.45) is 0. The van der Waals surface area contributed by atoms with Gasteiger partial charge in [-0.2, -0.15) is 0 Å². The molecular formula is C13H6ClF3O2. The maximum Gasteiger partial charge on any atom is 0.337 e. The molecule has 0 amide bonds. The van der Waals surface area contributed by atoms with Gasteiger partial charge in [0.25, 0.3) is 0 Å². The van der Waals surface area contributed by atoms with Gasteiger partial charge in [-0.05, 0) is 23.8 Å². The van der Waals surface area contributed by atoms with E-state index >= 15 is 0 Å². The zero-order valence-electron chi connectivity index (χ0n) is 9.25. The summed E-state index contributed by atoms with van der Waals surface area (Å²) >= 11 is 5.73. The van der Waals surface area contributed by atoms with Crippen molar-refractivity contribution in [1.82, 2.24) is 0 Å². The molecule has 0 aromatic heterocycles. The molecule has 0 atom stereocenters. The molecule has 2 aromatic rings. The Labute approximate surface area is 111 Å². The van der Waals surface area contributed by atoms with Crippen molar-refractivity contribution in [2.24, 2.45) is 0 Å². The number of carbonyl (C=O) groups is 1. The second-order valence-corrected chi connectivity index (χ2v) is 4.15. The van der Waals surface area contributed by atoms with E-state index in [1.54, 1.807) is 0 Å². The topological polar surface area (TPSA) is 37.3 Å². The first-order valence-electron chi connectivity index (χ1n) is 5.08. The highest BCUT2D eigenvalue weighted by Gasteiger charge is 2.14. The molecule has 0 heterocycles. The van der Waals surface area contributed by atoms with Crippen LogP contribution in [-0.2, 0) is 0 Å². The number of aromatic carboxylic acids is 1. The summed E-state index contributed by atoms with van der Waals surface area (Å²) in [6.45, 7) is 0. The number of benzene rings is 2. The second kappa shape index (κ2) is 4.93. The third-order valence-corrected chi connectivity index (χ3v) is 2.83. The van der Waals surface area contributed by atoms with Gasteiger partial charge in [-0.25, -0.2) is 18.0 Å². The largest absolute Gasteiger partial charge is 0.478 e. The Morgan fingerprint density at radius 3 is 2.21 bits per heavy atom. The van der Waals surface area contributed by atoms with Crippen molar-refractivity contribution < 1.29 is 23.1 Å². The summed E-state index contributed by atoms with van der Waals surface area (Å²) in [4.78, 5) is 10.8. The molecule has 0 saturated carbocycles. The lowest BCUT2D eigenvalue weighted by molar-refractivity contribution is 0.0697. The van der Waals surface area contributed by atoms with Crippen molar-refractivity contribution in [3.05, 3.63) is 58.4 Å². The van der Waals surface area contributed by atoms with E-state index in [0.717, 1.165) is 0 Å². The van der Waals surface area contributed by atoms with Crippen LogP contribution < -0.4 is 0 Å². The van der Waals surface area contributed by atoms with Crippen molar-refractivity contribution in [3.8, 4) is 11.1 Å². The van der Waals surface area contributed by atoms with E-state index in [4.69, 9.17) is 16.7 Å². The maximum atomic E-state index is 13.5. The molecule has 2 rings (SSSR count). The van der Waals surface area contributed by atoms with Crippen molar-refractivity contribution in [3.63, 3.8) is 0 Å². The van der Waals surface area contributed by atoms with Crippen LogP contribution in [0.1, 0.15) is 10.4 Å². The Bertz CT molecular complexity index is 671. The smallest absolute Gasteiger partial charge is 0.337 e. The van der Waals surface area contributed by atoms with Gasteiger partial charge in [-0.1, -0.05) is 17.7 Å². The molecule has 0 aliphatic rings. The normalized spacial score (nSPS) is 10.5. The molecule has 98 valence electrons. The zero-order valence-corrected chi connectivity index (χ0v) is 10.0. The molecule has 19 heavy (non-hydrogen) atoms. The number of hydrogen-bond acceptors (Lipinski definition) is 1. The highest BCUT2D eigenvalue weighted by Crippen LogP contribution is 2.29. The molecule has 0 fully saturated rings. The molecule has 0 spiro atoms. The van der Waals surface area contributed by atoms with E-state index in [-0.39, 0.29) is 21.7 Å². The standard InChI is InChI=1S/C13H6ClF3O2/c14-9-3-6(1-2-7(9)13(18)19)8-4-11(16)12(17)5-10(8)15/h1-5H,(H,18,19). The van der Waals surface area contributed by atoms with E-state index in [1.807, 2.05) is 0 Å². The van der Waals surface area contributed by atoms with Gasteiger partial charge >= 0.3 is 5.97 Å². The van der Waals surface area contributed by atoms with Crippen LogP contribution >= 0.6 is 11.6 Å². The lowest BCUT2D eigenvalue weighted by Crippen LogP contribution is -1.98. The van der Waals surface area contributed by atoms with Crippen LogP contribution in [0.5, 0.6) is 0 Å². The molecular weight excluding hydrogens is 281 g/mol. The number of carboxylic acids is 1. The average molecular weight is 287 g/mol. The first kappa shape index (κ1) is 13.4. The van der Waals surface area contributed by atoms with Gasteiger partial charge < -0.3 is 5.11 Å². The average Bonchev–Trinajstić information content (AvgIpc) is 2.33. The number of carboxylic acid groups (broad SMARTS) is 1. The van der Waals surface area contributed by atoms with E-state index in [2.05, 4.69) is 0 Å². The molecule has 6 heteroatoms. The fraction of sp³-hybridized carbons (Fsp3) is 0. The summed E-state index contributed by atoms with van der Waals surface area (Å²) in [5, 5.41) is 8.68. The van der Waals surface area contributed by atoms with Crippen molar-refractivity contribution >= 4 is 17.6 Å². The minimum absolute atomic E-state index is 0.117. The first-order chi connectivity index (χ1) is 8.90. The van der Waals surface area contributed by atoms with E-state index in [1.165, 1.54) is 18.2 Å². The molecule has 2 nitrogen and oxygen atoms in total. The molecule has 0 aliphatic carbocycles. The van der Waals surface area contributed by atoms with Gasteiger partial charge in [-0.15, -0.1) is 0 Å². The van der Waals surface area contributed by atoms with Crippen LogP contribution in [0.2, 0.25) is 5.02 Å². The summed E-state index contributed by atoms with van der Waals surface area (Å²) in [6, 6.07) is 4.73. The Kier molecular flexibility index (Phi) is 3.48. The quantitative estimate of drug-likeness (QED) is 0.843. The predicted octanol–water partition coefficient (Wildman–Crippen LogP) is 4.12. The Morgan fingerprint density at radius 2 is 1.63 bits per heavy atom.